The number of carbonyl (C=O) groups is 2. The van der Waals surface area contributed by atoms with Crippen LogP contribution in [0.2, 0.25) is 0 Å². The fourth-order valence-electron chi connectivity index (χ4n) is 2.86. The highest BCUT2D eigenvalue weighted by atomic mass is 16.2. The van der Waals surface area contributed by atoms with E-state index < -0.39 is 5.54 Å². The molecule has 1 heterocycles. The second-order valence-electron chi connectivity index (χ2n) is 4.86. The first-order valence-corrected chi connectivity index (χ1v) is 6.34. The van der Waals surface area contributed by atoms with E-state index >= 15 is 0 Å². The Morgan fingerprint density at radius 3 is 2.56 bits per heavy atom. The van der Waals surface area contributed by atoms with Crippen LogP contribution >= 0.6 is 0 Å². The molecule has 2 aliphatic rings. The molecule has 1 saturated carbocycles. The van der Waals surface area contributed by atoms with Crippen molar-refractivity contribution in [2.45, 2.75) is 57.4 Å². The zero-order valence-electron chi connectivity index (χ0n) is 9.92. The van der Waals surface area contributed by atoms with Crippen molar-refractivity contribution in [3.05, 3.63) is 0 Å². The maximum absolute atomic E-state index is 12.0. The zero-order valence-corrected chi connectivity index (χ0v) is 9.92. The van der Waals surface area contributed by atoms with Gasteiger partial charge in [-0.05, 0) is 19.3 Å². The zero-order chi connectivity index (χ0) is 11.6. The van der Waals surface area contributed by atoms with E-state index in [0.29, 0.717) is 6.54 Å². The molecule has 1 spiro atoms. The predicted molar refractivity (Wildman–Crippen MR) is 61.0 cm³/mol. The lowest BCUT2D eigenvalue weighted by atomic mass is 9.80. The molecule has 0 bridgehead atoms. The van der Waals surface area contributed by atoms with Crippen LogP contribution in [0.3, 0.4) is 0 Å². The summed E-state index contributed by atoms with van der Waals surface area (Å²) in [6.45, 7) is 2.82. The van der Waals surface area contributed by atoms with Crippen molar-refractivity contribution in [2.24, 2.45) is 0 Å². The fourth-order valence-corrected chi connectivity index (χ4v) is 2.86. The normalized spacial score (nSPS) is 23.9. The summed E-state index contributed by atoms with van der Waals surface area (Å²) in [5.41, 5.74) is -0.496. The number of carbonyl (C=O) groups excluding carboxylic acids is 2. The Morgan fingerprint density at radius 2 is 1.94 bits per heavy atom. The number of nitrogens with zero attached hydrogens (tertiary/aromatic N) is 1. The molecule has 0 atom stereocenters. The Morgan fingerprint density at radius 1 is 1.25 bits per heavy atom. The molecule has 0 unspecified atom stereocenters. The molecular weight excluding hydrogens is 204 g/mol. The molecule has 3 amide bonds. The molecule has 0 aromatic carbocycles. The topological polar surface area (TPSA) is 49.4 Å². The molecule has 1 N–H and O–H groups in total. The molecule has 2 rings (SSSR count). The highest BCUT2D eigenvalue weighted by Gasteiger charge is 2.52. The van der Waals surface area contributed by atoms with Crippen molar-refractivity contribution >= 4 is 11.9 Å². The van der Waals surface area contributed by atoms with Crippen molar-refractivity contribution in [1.29, 1.82) is 0 Å². The summed E-state index contributed by atoms with van der Waals surface area (Å²) in [4.78, 5) is 25.5. The molecule has 1 aliphatic heterocycles. The van der Waals surface area contributed by atoms with E-state index in [1.54, 1.807) is 4.90 Å². The van der Waals surface area contributed by atoms with Gasteiger partial charge in [0.25, 0.3) is 5.91 Å². The van der Waals surface area contributed by atoms with Crippen LogP contribution in [0.15, 0.2) is 0 Å². The molecule has 2 fully saturated rings. The van der Waals surface area contributed by atoms with Gasteiger partial charge in [-0.15, -0.1) is 0 Å². The largest absolute Gasteiger partial charge is 0.325 e. The van der Waals surface area contributed by atoms with Crippen molar-refractivity contribution in [3.63, 3.8) is 0 Å². The minimum atomic E-state index is -0.496. The standard InChI is InChI=1S/C12H20N2O2/c1-2-3-9-14-11(16)13-10(15)12(14)7-5-4-6-8-12/h2-9H2,1H3,(H,13,15,16). The molecule has 4 nitrogen and oxygen atoms in total. The van der Waals surface area contributed by atoms with E-state index in [4.69, 9.17) is 0 Å². The SMILES string of the molecule is CCCCN1C(=O)NC(=O)C12CCCCC2. The maximum atomic E-state index is 12.0. The van der Waals surface area contributed by atoms with Crippen molar-refractivity contribution in [2.75, 3.05) is 6.54 Å². The molecule has 0 aromatic heterocycles. The average Bonchev–Trinajstić information content (AvgIpc) is 2.50. The molecule has 16 heavy (non-hydrogen) atoms. The Balaban J connectivity index is 2.17. The highest BCUT2D eigenvalue weighted by Crippen LogP contribution is 2.37. The minimum absolute atomic E-state index is 0.0618. The number of unbranched alkanes of at least 4 members (excludes halogenated alkanes) is 1. The Bertz CT molecular complexity index is 295. The fraction of sp³-hybridized carbons (Fsp3) is 0.833. The lowest BCUT2D eigenvalue weighted by molar-refractivity contribution is -0.128. The Hall–Kier alpha value is -1.06. The first kappa shape index (κ1) is 11.4. The lowest BCUT2D eigenvalue weighted by Gasteiger charge is -2.38. The molecular formula is C12H20N2O2. The van der Waals surface area contributed by atoms with Crippen molar-refractivity contribution in [1.82, 2.24) is 10.2 Å². The number of amides is 3. The van der Waals surface area contributed by atoms with E-state index in [1.165, 1.54) is 6.42 Å². The van der Waals surface area contributed by atoms with E-state index in [-0.39, 0.29) is 11.9 Å². The van der Waals surface area contributed by atoms with Gasteiger partial charge in [0.05, 0.1) is 0 Å². The van der Waals surface area contributed by atoms with Crippen LogP contribution in [0.25, 0.3) is 0 Å². The smallest absolute Gasteiger partial charge is 0.310 e. The number of urea groups is 1. The summed E-state index contributed by atoms with van der Waals surface area (Å²) in [7, 11) is 0. The van der Waals surface area contributed by atoms with Crippen LogP contribution in [0.5, 0.6) is 0 Å². The summed E-state index contributed by atoms with van der Waals surface area (Å²) in [5, 5.41) is 2.48. The molecule has 0 radical (unpaired) electrons. The van der Waals surface area contributed by atoms with Gasteiger partial charge in [0.15, 0.2) is 0 Å². The first-order chi connectivity index (χ1) is 7.70. The van der Waals surface area contributed by atoms with Crippen molar-refractivity contribution in [3.8, 4) is 0 Å². The molecule has 1 saturated heterocycles. The van der Waals surface area contributed by atoms with Crippen LogP contribution in [0, 0.1) is 0 Å². The van der Waals surface area contributed by atoms with Gasteiger partial charge < -0.3 is 4.90 Å². The third kappa shape index (κ3) is 1.70. The number of nitrogens with one attached hydrogen (secondary N) is 1. The van der Waals surface area contributed by atoms with Crippen LogP contribution in [0.4, 0.5) is 4.79 Å². The second-order valence-corrected chi connectivity index (χ2v) is 4.86. The van der Waals surface area contributed by atoms with Gasteiger partial charge in [-0.1, -0.05) is 32.6 Å². The maximum Gasteiger partial charge on any atom is 0.325 e. The molecule has 4 heteroatoms. The van der Waals surface area contributed by atoms with E-state index in [1.807, 2.05) is 0 Å². The van der Waals surface area contributed by atoms with Gasteiger partial charge in [0.2, 0.25) is 0 Å². The van der Waals surface area contributed by atoms with Crippen LogP contribution in [-0.2, 0) is 4.79 Å². The summed E-state index contributed by atoms with van der Waals surface area (Å²) in [6.07, 6.45) is 7.01. The van der Waals surface area contributed by atoms with Crippen molar-refractivity contribution < 1.29 is 9.59 Å². The summed E-state index contributed by atoms with van der Waals surface area (Å²) >= 11 is 0. The van der Waals surface area contributed by atoms with E-state index in [2.05, 4.69) is 12.2 Å². The first-order valence-electron chi connectivity index (χ1n) is 6.34. The number of hydrogen-bond acceptors (Lipinski definition) is 2. The lowest BCUT2D eigenvalue weighted by Crippen LogP contribution is -2.51. The number of rotatable bonds is 3. The number of imide groups is 1. The van der Waals surface area contributed by atoms with Crippen LogP contribution < -0.4 is 5.32 Å². The second kappa shape index (κ2) is 4.44. The number of hydrogen-bond donors (Lipinski definition) is 1. The summed E-state index contributed by atoms with van der Waals surface area (Å²) < 4.78 is 0. The highest BCUT2D eigenvalue weighted by molar-refractivity contribution is 6.07. The van der Waals surface area contributed by atoms with E-state index in [0.717, 1.165) is 38.5 Å². The van der Waals surface area contributed by atoms with Gasteiger partial charge in [-0.2, -0.15) is 0 Å². The monoisotopic (exact) mass is 224 g/mol. The van der Waals surface area contributed by atoms with Gasteiger partial charge >= 0.3 is 6.03 Å². The molecule has 0 aromatic rings. The Labute approximate surface area is 96.4 Å². The van der Waals surface area contributed by atoms with Gasteiger partial charge in [0, 0.05) is 6.54 Å². The van der Waals surface area contributed by atoms with Gasteiger partial charge in [-0.3, -0.25) is 10.1 Å². The summed E-state index contributed by atoms with van der Waals surface area (Å²) in [6, 6.07) is -0.180. The third-order valence-corrected chi connectivity index (χ3v) is 3.82. The Kier molecular flexibility index (Phi) is 3.17. The van der Waals surface area contributed by atoms with Crippen LogP contribution in [-0.4, -0.2) is 28.9 Å². The van der Waals surface area contributed by atoms with Crippen LogP contribution in [0.1, 0.15) is 51.9 Å². The quantitative estimate of drug-likeness (QED) is 0.746. The van der Waals surface area contributed by atoms with Gasteiger partial charge in [-0.25, -0.2) is 4.79 Å². The minimum Gasteiger partial charge on any atom is -0.310 e. The average molecular weight is 224 g/mol. The molecule has 90 valence electrons. The molecule has 1 aliphatic carbocycles. The van der Waals surface area contributed by atoms with Gasteiger partial charge in [0.1, 0.15) is 5.54 Å². The third-order valence-electron chi connectivity index (χ3n) is 3.82. The predicted octanol–water partition coefficient (Wildman–Crippen LogP) is 2.04. The summed E-state index contributed by atoms with van der Waals surface area (Å²) in [5.74, 6) is -0.0618. The van der Waals surface area contributed by atoms with E-state index in [9.17, 15) is 9.59 Å².